The Kier molecular flexibility index (Phi) is 7.02. The fourth-order valence-corrected chi connectivity index (χ4v) is 1.81. The van der Waals surface area contributed by atoms with E-state index in [1.54, 1.807) is 13.8 Å². The van der Waals surface area contributed by atoms with Crippen LogP contribution in [0.5, 0.6) is 0 Å². The lowest BCUT2D eigenvalue weighted by Crippen LogP contribution is -2.56. The molecule has 0 rings (SSSR count). The molecule has 2 amide bonds. The standard InChI is InChI=1S/C10H17F3N2O3S/c1-3-9(4-2,7(16)17)15-8(18)14-5-6-19-10(11,12)13/h3-6H2,1-2H3,(H,16,17)(H2,14,15,18). The number of nitrogens with one attached hydrogen (secondary N) is 2. The number of amides is 2. The SMILES string of the molecule is CCC(CC)(NC(=O)NCCSC(F)(F)F)C(=O)O. The van der Waals surface area contributed by atoms with E-state index in [1.807, 2.05) is 0 Å². The minimum absolute atomic E-state index is 0.184. The van der Waals surface area contributed by atoms with Crippen molar-refractivity contribution < 1.29 is 27.9 Å². The minimum Gasteiger partial charge on any atom is -0.480 e. The molecule has 0 fully saturated rings. The van der Waals surface area contributed by atoms with Gasteiger partial charge in [0.2, 0.25) is 0 Å². The summed E-state index contributed by atoms with van der Waals surface area (Å²) in [5, 5.41) is 13.5. The van der Waals surface area contributed by atoms with E-state index in [4.69, 9.17) is 5.11 Å². The Morgan fingerprint density at radius 2 is 1.74 bits per heavy atom. The highest BCUT2D eigenvalue weighted by molar-refractivity contribution is 8.00. The molecular weight excluding hydrogens is 285 g/mol. The molecule has 0 aliphatic rings. The lowest BCUT2D eigenvalue weighted by Gasteiger charge is -2.28. The van der Waals surface area contributed by atoms with Crippen molar-refractivity contribution in [1.29, 1.82) is 0 Å². The molecule has 112 valence electrons. The second kappa shape index (κ2) is 7.46. The van der Waals surface area contributed by atoms with E-state index < -0.39 is 23.0 Å². The van der Waals surface area contributed by atoms with Gasteiger partial charge in [-0.15, -0.1) is 0 Å². The minimum atomic E-state index is -4.34. The van der Waals surface area contributed by atoms with E-state index in [9.17, 15) is 22.8 Å². The van der Waals surface area contributed by atoms with Crippen LogP contribution in [-0.2, 0) is 4.79 Å². The summed E-state index contributed by atoms with van der Waals surface area (Å²) in [6.07, 6.45) is 0.368. The first-order valence-electron chi connectivity index (χ1n) is 5.67. The molecule has 3 N–H and O–H groups in total. The summed E-state index contributed by atoms with van der Waals surface area (Å²) in [5.41, 5.74) is -5.73. The molecule has 0 saturated carbocycles. The molecule has 0 bridgehead atoms. The second-order valence-electron chi connectivity index (χ2n) is 3.77. The first kappa shape index (κ1) is 17.9. The number of thioether (sulfide) groups is 1. The first-order chi connectivity index (χ1) is 8.67. The van der Waals surface area contributed by atoms with E-state index in [0.29, 0.717) is 0 Å². The van der Waals surface area contributed by atoms with Gasteiger partial charge in [-0.2, -0.15) is 13.2 Å². The zero-order chi connectivity index (χ0) is 15.1. The van der Waals surface area contributed by atoms with Crippen molar-refractivity contribution in [3.8, 4) is 0 Å². The highest BCUT2D eigenvalue weighted by atomic mass is 32.2. The maximum absolute atomic E-state index is 11.8. The summed E-state index contributed by atoms with van der Waals surface area (Å²) < 4.78 is 35.5. The average molecular weight is 302 g/mol. The Labute approximate surface area is 113 Å². The molecule has 0 spiro atoms. The molecule has 0 unspecified atom stereocenters. The number of rotatable bonds is 7. The predicted octanol–water partition coefficient (Wildman–Crippen LogP) is 2.18. The van der Waals surface area contributed by atoms with Gasteiger partial charge in [-0.25, -0.2) is 9.59 Å². The Bertz CT molecular complexity index is 320. The number of carboxylic acid groups (broad SMARTS) is 1. The molecule has 0 saturated heterocycles. The molecule has 0 heterocycles. The van der Waals surface area contributed by atoms with Crippen molar-refractivity contribution >= 4 is 23.8 Å². The van der Waals surface area contributed by atoms with Gasteiger partial charge < -0.3 is 15.7 Å². The van der Waals surface area contributed by atoms with Crippen molar-refractivity contribution in [2.45, 2.75) is 37.7 Å². The maximum Gasteiger partial charge on any atom is 0.441 e. The van der Waals surface area contributed by atoms with Crippen LogP contribution in [-0.4, -0.2) is 40.5 Å². The smallest absolute Gasteiger partial charge is 0.441 e. The fourth-order valence-electron chi connectivity index (χ4n) is 1.38. The summed E-state index contributed by atoms with van der Waals surface area (Å²) in [6.45, 7) is 3.02. The predicted molar refractivity (Wildman–Crippen MR) is 66.0 cm³/mol. The van der Waals surface area contributed by atoms with Gasteiger partial charge in [-0.1, -0.05) is 13.8 Å². The highest BCUT2D eigenvalue weighted by Gasteiger charge is 2.36. The van der Waals surface area contributed by atoms with Crippen molar-refractivity contribution in [2.75, 3.05) is 12.3 Å². The number of urea groups is 1. The van der Waals surface area contributed by atoms with Crippen LogP contribution >= 0.6 is 11.8 Å². The van der Waals surface area contributed by atoms with Gasteiger partial charge in [0.25, 0.3) is 0 Å². The summed E-state index contributed by atoms with van der Waals surface area (Å²) in [4.78, 5) is 22.5. The Morgan fingerprint density at radius 1 is 1.21 bits per heavy atom. The third-order valence-corrected chi connectivity index (χ3v) is 3.36. The number of hydrogen-bond acceptors (Lipinski definition) is 3. The number of carbonyl (C=O) groups is 2. The summed E-state index contributed by atoms with van der Waals surface area (Å²) >= 11 is -0.247. The van der Waals surface area contributed by atoms with Gasteiger partial charge in [0.15, 0.2) is 0 Å². The van der Waals surface area contributed by atoms with E-state index >= 15 is 0 Å². The van der Waals surface area contributed by atoms with Crippen LogP contribution in [0.25, 0.3) is 0 Å². The summed E-state index contributed by atoms with van der Waals surface area (Å²) in [6, 6.07) is -0.783. The largest absolute Gasteiger partial charge is 0.480 e. The summed E-state index contributed by atoms with van der Waals surface area (Å²) in [5.74, 6) is -1.49. The number of hydrogen-bond donors (Lipinski definition) is 3. The maximum atomic E-state index is 11.8. The van der Waals surface area contributed by atoms with Crippen LogP contribution in [0.15, 0.2) is 0 Å². The van der Waals surface area contributed by atoms with Gasteiger partial charge >= 0.3 is 17.5 Å². The van der Waals surface area contributed by atoms with Crippen LogP contribution in [0.2, 0.25) is 0 Å². The molecule has 5 nitrogen and oxygen atoms in total. The van der Waals surface area contributed by atoms with Crippen LogP contribution in [0.3, 0.4) is 0 Å². The first-order valence-corrected chi connectivity index (χ1v) is 6.65. The van der Waals surface area contributed by atoms with Gasteiger partial charge in [-0.3, -0.25) is 0 Å². The molecule has 0 aliphatic heterocycles. The van der Waals surface area contributed by atoms with Crippen LogP contribution in [0, 0.1) is 0 Å². The van der Waals surface area contributed by atoms with E-state index in [2.05, 4.69) is 10.6 Å². The number of alkyl halides is 3. The Hall–Kier alpha value is -1.12. The fraction of sp³-hybridized carbons (Fsp3) is 0.800. The van der Waals surface area contributed by atoms with Crippen LogP contribution < -0.4 is 10.6 Å². The quantitative estimate of drug-likeness (QED) is 0.630. The number of carbonyl (C=O) groups excluding carboxylic acids is 1. The van der Waals surface area contributed by atoms with Crippen molar-refractivity contribution in [1.82, 2.24) is 10.6 Å². The normalized spacial score (nSPS) is 12.1. The molecular formula is C10H17F3N2O3S. The van der Waals surface area contributed by atoms with Gasteiger partial charge in [-0.05, 0) is 24.6 Å². The zero-order valence-corrected chi connectivity index (χ0v) is 11.5. The van der Waals surface area contributed by atoms with Gasteiger partial charge in [0.05, 0.1) is 0 Å². The zero-order valence-electron chi connectivity index (χ0n) is 10.6. The van der Waals surface area contributed by atoms with Gasteiger partial charge in [0, 0.05) is 12.3 Å². The third kappa shape index (κ3) is 6.55. The molecule has 0 radical (unpaired) electrons. The lowest BCUT2D eigenvalue weighted by atomic mass is 9.93. The number of halogens is 3. The topological polar surface area (TPSA) is 78.4 Å². The Morgan fingerprint density at radius 3 is 2.11 bits per heavy atom. The van der Waals surface area contributed by atoms with Crippen molar-refractivity contribution in [3.63, 3.8) is 0 Å². The Balaban J connectivity index is 4.19. The third-order valence-electron chi connectivity index (χ3n) is 2.62. The molecule has 19 heavy (non-hydrogen) atoms. The molecule has 0 aliphatic carbocycles. The summed E-state index contributed by atoms with van der Waals surface area (Å²) in [7, 11) is 0. The average Bonchev–Trinajstić information content (AvgIpc) is 2.30. The molecule has 0 atom stereocenters. The highest BCUT2D eigenvalue weighted by Crippen LogP contribution is 2.29. The van der Waals surface area contributed by atoms with Gasteiger partial charge in [0.1, 0.15) is 5.54 Å². The van der Waals surface area contributed by atoms with Crippen LogP contribution in [0.1, 0.15) is 26.7 Å². The van der Waals surface area contributed by atoms with E-state index in [1.165, 1.54) is 0 Å². The molecule has 0 aromatic carbocycles. The molecule has 9 heteroatoms. The number of carboxylic acids is 1. The van der Waals surface area contributed by atoms with Crippen molar-refractivity contribution in [2.24, 2.45) is 0 Å². The lowest BCUT2D eigenvalue weighted by molar-refractivity contribution is -0.144. The second-order valence-corrected chi connectivity index (χ2v) is 4.93. The van der Waals surface area contributed by atoms with Crippen LogP contribution in [0.4, 0.5) is 18.0 Å². The van der Waals surface area contributed by atoms with E-state index in [-0.39, 0.29) is 36.9 Å². The monoisotopic (exact) mass is 302 g/mol. The molecule has 0 aromatic heterocycles. The van der Waals surface area contributed by atoms with E-state index in [0.717, 1.165) is 0 Å². The van der Waals surface area contributed by atoms with Crippen molar-refractivity contribution in [3.05, 3.63) is 0 Å². The molecule has 0 aromatic rings. The number of aliphatic carboxylic acids is 1.